The van der Waals surface area contributed by atoms with Crippen LogP contribution in [0.5, 0.6) is 0 Å². The van der Waals surface area contributed by atoms with Crippen LogP contribution in [0.1, 0.15) is 23.3 Å². The van der Waals surface area contributed by atoms with E-state index >= 15 is 0 Å². The number of aromatic nitrogens is 1. The van der Waals surface area contributed by atoms with E-state index in [2.05, 4.69) is 9.71 Å². The van der Waals surface area contributed by atoms with Crippen LogP contribution in [0.15, 0.2) is 30.3 Å². The van der Waals surface area contributed by atoms with Crippen molar-refractivity contribution in [3.8, 4) is 0 Å². The molecule has 0 bridgehead atoms. The highest BCUT2D eigenvalue weighted by molar-refractivity contribution is 7.88. The van der Waals surface area contributed by atoms with Crippen molar-refractivity contribution < 1.29 is 13.2 Å². The highest BCUT2D eigenvalue weighted by Gasteiger charge is 2.25. The number of amides is 1. The van der Waals surface area contributed by atoms with Gasteiger partial charge in [0.05, 0.1) is 6.26 Å². The van der Waals surface area contributed by atoms with Crippen molar-refractivity contribution in [2.24, 2.45) is 5.92 Å². The van der Waals surface area contributed by atoms with Gasteiger partial charge in [-0.1, -0.05) is 18.2 Å². The fourth-order valence-electron chi connectivity index (χ4n) is 3.04. The summed E-state index contributed by atoms with van der Waals surface area (Å²) >= 11 is 0. The lowest BCUT2D eigenvalue weighted by atomic mass is 9.98. The largest absolute Gasteiger partial charge is 0.351 e. The van der Waals surface area contributed by atoms with Crippen molar-refractivity contribution >= 4 is 26.8 Å². The number of piperidine rings is 1. The summed E-state index contributed by atoms with van der Waals surface area (Å²) in [5.74, 6) is 0.136. The lowest BCUT2D eigenvalue weighted by Gasteiger charge is -2.32. The summed E-state index contributed by atoms with van der Waals surface area (Å²) in [6, 6.07) is 9.66. The van der Waals surface area contributed by atoms with Gasteiger partial charge in [0.1, 0.15) is 5.69 Å². The van der Waals surface area contributed by atoms with Crippen LogP contribution in [0.4, 0.5) is 0 Å². The summed E-state index contributed by atoms with van der Waals surface area (Å²) < 4.78 is 25.0. The van der Waals surface area contributed by atoms with Crippen molar-refractivity contribution in [1.29, 1.82) is 0 Å². The Labute approximate surface area is 135 Å². The van der Waals surface area contributed by atoms with Gasteiger partial charge >= 0.3 is 0 Å². The van der Waals surface area contributed by atoms with Gasteiger partial charge in [-0.3, -0.25) is 4.79 Å². The first-order valence-electron chi connectivity index (χ1n) is 7.74. The molecule has 2 aromatic rings. The molecule has 2 heterocycles. The normalized spacial score (nSPS) is 19.2. The molecule has 1 aromatic carbocycles. The highest BCUT2D eigenvalue weighted by Crippen LogP contribution is 2.20. The Morgan fingerprint density at radius 3 is 2.91 bits per heavy atom. The van der Waals surface area contributed by atoms with Crippen molar-refractivity contribution in [2.75, 3.05) is 25.9 Å². The van der Waals surface area contributed by atoms with Crippen LogP contribution in [0.2, 0.25) is 0 Å². The Balaban J connectivity index is 1.69. The predicted octanol–water partition coefficient (Wildman–Crippen LogP) is 1.57. The van der Waals surface area contributed by atoms with E-state index in [1.165, 1.54) is 0 Å². The van der Waals surface area contributed by atoms with Crippen LogP contribution in [-0.4, -0.2) is 50.1 Å². The molecule has 1 fully saturated rings. The lowest BCUT2D eigenvalue weighted by molar-refractivity contribution is 0.0671. The molecule has 2 N–H and O–H groups in total. The Morgan fingerprint density at radius 2 is 2.17 bits per heavy atom. The SMILES string of the molecule is CS(=O)(=O)NCC1CCCN(C(=O)c2cc3ccccc3[nH]2)C1. The van der Waals surface area contributed by atoms with E-state index in [0.717, 1.165) is 30.0 Å². The second-order valence-electron chi connectivity index (χ2n) is 6.15. The molecule has 0 spiro atoms. The zero-order chi connectivity index (χ0) is 16.4. The van der Waals surface area contributed by atoms with E-state index in [1.807, 2.05) is 35.2 Å². The Kier molecular flexibility index (Phi) is 4.41. The Morgan fingerprint density at radius 1 is 1.39 bits per heavy atom. The monoisotopic (exact) mass is 335 g/mol. The standard InChI is InChI=1S/C16H21N3O3S/c1-23(21,22)17-10-12-5-4-8-19(11-12)16(20)15-9-13-6-2-3-7-14(13)18-15/h2-3,6-7,9,12,17-18H,4-5,8,10-11H2,1H3. The first kappa shape index (κ1) is 16.0. The third kappa shape index (κ3) is 3.92. The number of para-hydroxylation sites is 1. The van der Waals surface area contributed by atoms with Gasteiger partial charge in [-0.05, 0) is 30.9 Å². The number of rotatable bonds is 4. The minimum atomic E-state index is -3.19. The highest BCUT2D eigenvalue weighted by atomic mass is 32.2. The summed E-state index contributed by atoms with van der Waals surface area (Å²) in [4.78, 5) is 17.6. The summed E-state index contributed by atoms with van der Waals surface area (Å²) in [5.41, 5.74) is 1.53. The number of sulfonamides is 1. The lowest BCUT2D eigenvalue weighted by Crippen LogP contribution is -2.43. The minimum absolute atomic E-state index is 0.0229. The third-order valence-electron chi connectivity index (χ3n) is 4.20. The molecule has 3 rings (SSSR count). The number of nitrogens with one attached hydrogen (secondary N) is 2. The Bertz CT molecular complexity index is 780. The molecule has 1 unspecified atom stereocenters. The summed E-state index contributed by atoms with van der Waals surface area (Å²) in [7, 11) is -3.19. The predicted molar refractivity (Wildman–Crippen MR) is 89.8 cm³/mol. The van der Waals surface area contributed by atoms with Crippen LogP contribution in [0.3, 0.4) is 0 Å². The number of carbonyl (C=O) groups is 1. The maximum absolute atomic E-state index is 12.7. The number of hydrogen-bond acceptors (Lipinski definition) is 3. The minimum Gasteiger partial charge on any atom is -0.351 e. The molecular weight excluding hydrogens is 314 g/mol. The van der Waals surface area contributed by atoms with E-state index < -0.39 is 10.0 Å². The average Bonchev–Trinajstić information content (AvgIpc) is 2.96. The van der Waals surface area contributed by atoms with E-state index in [4.69, 9.17) is 0 Å². The van der Waals surface area contributed by atoms with Gasteiger partial charge in [-0.25, -0.2) is 13.1 Å². The van der Waals surface area contributed by atoms with Gasteiger partial charge in [0, 0.05) is 30.5 Å². The van der Waals surface area contributed by atoms with Gasteiger partial charge in [0.15, 0.2) is 0 Å². The first-order chi connectivity index (χ1) is 10.9. The van der Waals surface area contributed by atoms with Gasteiger partial charge in [0.25, 0.3) is 5.91 Å². The smallest absolute Gasteiger partial charge is 0.270 e. The molecule has 1 aliphatic rings. The van der Waals surface area contributed by atoms with Crippen molar-refractivity contribution in [3.05, 3.63) is 36.0 Å². The molecule has 124 valence electrons. The molecule has 7 heteroatoms. The fraction of sp³-hybridized carbons (Fsp3) is 0.438. The van der Waals surface area contributed by atoms with Crippen LogP contribution < -0.4 is 4.72 Å². The van der Waals surface area contributed by atoms with E-state index in [9.17, 15) is 13.2 Å². The van der Waals surface area contributed by atoms with Crippen LogP contribution >= 0.6 is 0 Å². The number of H-pyrrole nitrogens is 1. The van der Waals surface area contributed by atoms with Crippen LogP contribution in [0.25, 0.3) is 10.9 Å². The van der Waals surface area contributed by atoms with E-state index in [-0.39, 0.29) is 11.8 Å². The van der Waals surface area contributed by atoms with Gasteiger partial charge in [-0.15, -0.1) is 0 Å². The molecule has 1 aliphatic heterocycles. The molecule has 1 aromatic heterocycles. The molecule has 6 nitrogen and oxygen atoms in total. The third-order valence-corrected chi connectivity index (χ3v) is 4.89. The quantitative estimate of drug-likeness (QED) is 0.890. The fourth-order valence-corrected chi connectivity index (χ4v) is 3.58. The van der Waals surface area contributed by atoms with Crippen LogP contribution in [-0.2, 0) is 10.0 Å². The molecule has 0 saturated carbocycles. The van der Waals surface area contributed by atoms with Crippen molar-refractivity contribution in [2.45, 2.75) is 12.8 Å². The molecule has 1 saturated heterocycles. The molecule has 0 radical (unpaired) electrons. The molecule has 0 aliphatic carbocycles. The first-order valence-corrected chi connectivity index (χ1v) is 9.63. The van der Waals surface area contributed by atoms with Crippen molar-refractivity contribution in [1.82, 2.24) is 14.6 Å². The maximum Gasteiger partial charge on any atom is 0.270 e. The van der Waals surface area contributed by atoms with Crippen molar-refractivity contribution in [3.63, 3.8) is 0 Å². The number of aromatic amines is 1. The second-order valence-corrected chi connectivity index (χ2v) is 7.98. The average molecular weight is 335 g/mol. The Hall–Kier alpha value is -1.86. The molecule has 1 atom stereocenters. The summed E-state index contributed by atoms with van der Waals surface area (Å²) in [6.07, 6.45) is 2.98. The topological polar surface area (TPSA) is 82.3 Å². The van der Waals surface area contributed by atoms with Gasteiger partial charge < -0.3 is 9.88 Å². The van der Waals surface area contributed by atoms with Crippen LogP contribution in [0, 0.1) is 5.92 Å². The van der Waals surface area contributed by atoms with Gasteiger partial charge in [-0.2, -0.15) is 0 Å². The van der Waals surface area contributed by atoms with Gasteiger partial charge in [0.2, 0.25) is 10.0 Å². The number of carbonyl (C=O) groups excluding carboxylic acids is 1. The number of likely N-dealkylation sites (tertiary alicyclic amines) is 1. The number of fused-ring (bicyclic) bond motifs is 1. The van der Waals surface area contributed by atoms with E-state index in [1.54, 1.807) is 0 Å². The number of nitrogens with zero attached hydrogens (tertiary/aromatic N) is 1. The zero-order valence-electron chi connectivity index (χ0n) is 13.1. The summed E-state index contributed by atoms with van der Waals surface area (Å²) in [6.45, 7) is 1.68. The maximum atomic E-state index is 12.7. The summed E-state index contributed by atoms with van der Waals surface area (Å²) in [5, 5.41) is 1.02. The number of benzene rings is 1. The zero-order valence-corrected chi connectivity index (χ0v) is 13.9. The molecule has 1 amide bonds. The number of hydrogen-bond donors (Lipinski definition) is 2. The molecular formula is C16H21N3O3S. The molecule has 23 heavy (non-hydrogen) atoms. The van der Waals surface area contributed by atoms with E-state index in [0.29, 0.717) is 25.3 Å². The second kappa shape index (κ2) is 6.33.